The van der Waals surface area contributed by atoms with Crippen LogP contribution in [-0.4, -0.2) is 16.6 Å². The Morgan fingerprint density at radius 3 is 2.50 bits per heavy atom. The SMILES string of the molecule is NC(=O)C(N)(CSc1ccc(Cl)cn1)c1ccccc1. The summed E-state index contributed by atoms with van der Waals surface area (Å²) in [5.74, 6) is -0.258. The van der Waals surface area contributed by atoms with Crippen LogP contribution >= 0.6 is 23.4 Å². The third-order valence-electron chi connectivity index (χ3n) is 2.88. The first-order chi connectivity index (χ1) is 9.52. The number of carbonyl (C=O) groups is 1. The van der Waals surface area contributed by atoms with E-state index in [1.807, 2.05) is 18.2 Å². The highest BCUT2D eigenvalue weighted by Gasteiger charge is 2.34. The highest BCUT2D eigenvalue weighted by molar-refractivity contribution is 7.99. The summed E-state index contributed by atoms with van der Waals surface area (Å²) in [5.41, 5.74) is 11.1. The second kappa shape index (κ2) is 6.26. The smallest absolute Gasteiger partial charge is 0.243 e. The normalized spacial score (nSPS) is 13.7. The Balaban J connectivity index is 2.18. The summed E-state index contributed by atoms with van der Waals surface area (Å²) in [5, 5.41) is 1.30. The van der Waals surface area contributed by atoms with Gasteiger partial charge in [0.05, 0.1) is 10.0 Å². The van der Waals surface area contributed by atoms with Gasteiger partial charge >= 0.3 is 0 Å². The van der Waals surface area contributed by atoms with Gasteiger partial charge < -0.3 is 11.5 Å². The van der Waals surface area contributed by atoms with Gasteiger partial charge in [-0.25, -0.2) is 4.98 Å². The average molecular weight is 308 g/mol. The maximum absolute atomic E-state index is 11.7. The third kappa shape index (κ3) is 3.30. The highest BCUT2D eigenvalue weighted by atomic mass is 35.5. The molecule has 104 valence electrons. The van der Waals surface area contributed by atoms with Gasteiger partial charge in [0, 0.05) is 11.9 Å². The number of thioether (sulfide) groups is 1. The summed E-state index contributed by atoms with van der Waals surface area (Å²) in [4.78, 5) is 15.9. The standard InChI is InChI=1S/C14H14ClN3OS/c15-11-6-7-12(18-8-11)20-9-14(17,13(16)19)10-4-2-1-3-5-10/h1-8H,9,17H2,(H2,16,19). The fourth-order valence-corrected chi connectivity index (χ4v) is 2.76. The van der Waals surface area contributed by atoms with Crippen LogP contribution < -0.4 is 11.5 Å². The van der Waals surface area contributed by atoms with Crippen LogP contribution in [0, 0.1) is 0 Å². The molecule has 1 atom stereocenters. The molecular weight excluding hydrogens is 294 g/mol. The second-order valence-electron chi connectivity index (χ2n) is 4.30. The second-order valence-corrected chi connectivity index (χ2v) is 5.74. The number of aromatic nitrogens is 1. The van der Waals surface area contributed by atoms with Crippen LogP contribution in [-0.2, 0) is 10.3 Å². The predicted molar refractivity (Wildman–Crippen MR) is 81.5 cm³/mol. The zero-order valence-electron chi connectivity index (χ0n) is 10.6. The largest absolute Gasteiger partial charge is 0.368 e. The lowest BCUT2D eigenvalue weighted by Crippen LogP contribution is -2.51. The van der Waals surface area contributed by atoms with E-state index in [4.69, 9.17) is 23.1 Å². The number of nitrogens with zero attached hydrogens (tertiary/aromatic N) is 1. The van der Waals surface area contributed by atoms with Gasteiger partial charge in [-0.3, -0.25) is 4.79 Å². The Hall–Kier alpha value is -1.56. The van der Waals surface area contributed by atoms with Gasteiger partial charge in [-0.1, -0.05) is 41.9 Å². The molecule has 0 spiro atoms. The number of primary amides is 1. The fraction of sp³-hybridized carbons (Fsp3) is 0.143. The van der Waals surface area contributed by atoms with Gasteiger partial charge in [0.2, 0.25) is 5.91 Å². The summed E-state index contributed by atoms with van der Waals surface area (Å²) >= 11 is 7.14. The highest BCUT2D eigenvalue weighted by Crippen LogP contribution is 2.27. The number of carbonyl (C=O) groups excluding carboxylic acids is 1. The van der Waals surface area contributed by atoms with Gasteiger partial charge in [0.25, 0.3) is 0 Å². The van der Waals surface area contributed by atoms with Crippen molar-refractivity contribution in [1.82, 2.24) is 4.98 Å². The van der Waals surface area contributed by atoms with E-state index >= 15 is 0 Å². The van der Waals surface area contributed by atoms with Crippen LogP contribution in [0.25, 0.3) is 0 Å². The molecule has 0 bridgehead atoms. The number of pyridine rings is 1. The van der Waals surface area contributed by atoms with Gasteiger partial charge in [-0.15, -0.1) is 11.8 Å². The molecule has 1 amide bonds. The van der Waals surface area contributed by atoms with Crippen LogP contribution in [0.1, 0.15) is 5.56 Å². The molecule has 0 saturated heterocycles. The summed E-state index contributed by atoms with van der Waals surface area (Å²) in [6.45, 7) is 0. The summed E-state index contributed by atoms with van der Waals surface area (Å²) in [6.07, 6.45) is 1.55. The van der Waals surface area contributed by atoms with Crippen LogP contribution in [0.15, 0.2) is 53.7 Å². The molecule has 2 rings (SSSR count). The summed E-state index contributed by atoms with van der Waals surface area (Å²) < 4.78 is 0. The Morgan fingerprint density at radius 1 is 1.25 bits per heavy atom. The average Bonchev–Trinajstić information content (AvgIpc) is 2.47. The van der Waals surface area contributed by atoms with Crippen molar-refractivity contribution in [2.45, 2.75) is 10.6 Å². The first-order valence-corrected chi connectivity index (χ1v) is 7.27. The number of hydrogen-bond acceptors (Lipinski definition) is 4. The first-order valence-electron chi connectivity index (χ1n) is 5.91. The van der Waals surface area contributed by atoms with E-state index in [-0.39, 0.29) is 0 Å². The lowest BCUT2D eigenvalue weighted by Gasteiger charge is -2.25. The van der Waals surface area contributed by atoms with Crippen molar-refractivity contribution in [2.75, 3.05) is 5.75 Å². The Labute approximate surface area is 126 Å². The molecule has 0 aliphatic rings. The molecule has 1 heterocycles. The van der Waals surface area contributed by atoms with E-state index in [9.17, 15) is 4.79 Å². The lowest BCUT2D eigenvalue weighted by molar-refractivity contribution is -0.122. The van der Waals surface area contributed by atoms with Crippen molar-refractivity contribution in [1.29, 1.82) is 0 Å². The number of rotatable bonds is 5. The van der Waals surface area contributed by atoms with Crippen LogP contribution in [0.2, 0.25) is 5.02 Å². The van der Waals surface area contributed by atoms with E-state index < -0.39 is 11.4 Å². The zero-order valence-corrected chi connectivity index (χ0v) is 12.2. The number of benzene rings is 1. The van der Waals surface area contributed by atoms with Gasteiger partial charge in [-0.05, 0) is 17.7 Å². The van der Waals surface area contributed by atoms with Gasteiger partial charge in [0.1, 0.15) is 5.54 Å². The van der Waals surface area contributed by atoms with E-state index in [0.29, 0.717) is 16.3 Å². The maximum atomic E-state index is 11.7. The molecule has 1 aromatic heterocycles. The number of hydrogen-bond donors (Lipinski definition) is 2. The molecule has 0 fully saturated rings. The molecule has 0 aliphatic heterocycles. The van der Waals surface area contributed by atoms with Crippen molar-refractivity contribution in [2.24, 2.45) is 11.5 Å². The van der Waals surface area contributed by atoms with Crippen molar-refractivity contribution < 1.29 is 4.79 Å². The van der Waals surface area contributed by atoms with Crippen LogP contribution in [0.4, 0.5) is 0 Å². The molecule has 4 nitrogen and oxygen atoms in total. The van der Waals surface area contributed by atoms with Crippen molar-refractivity contribution in [3.8, 4) is 0 Å². The van der Waals surface area contributed by atoms with E-state index in [1.54, 1.807) is 30.5 Å². The number of halogens is 1. The molecule has 1 aromatic carbocycles. The Bertz CT molecular complexity index is 591. The molecule has 2 aromatic rings. The molecule has 20 heavy (non-hydrogen) atoms. The predicted octanol–water partition coefficient (Wildman–Crippen LogP) is 2.17. The number of amides is 1. The van der Waals surface area contributed by atoms with E-state index in [1.165, 1.54) is 11.8 Å². The minimum Gasteiger partial charge on any atom is -0.368 e. The topological polar surface area (TPSA) is 82.0 Å². The molecule has 0 saturated carbocycles. The molecule has 0 radical (unpaired) electrons. The fourth-order valence-electron chi connectivity index (χ4n) is 1.67. The molecule has 0 aliphatic carbocycles. The zero-order chi connectivity index (χ0) is 14.6. The Morgan fingerprint density at radius 2 is 1.95 bits per heavy atom. The van der Waals surface area contributed by atoms with Crippen molar-refractivity contribution in [3.05, 3.63) is 59.2 Å². The van der Waals surface area contributed by atoms with E-state index in [2.05, 4.69) is 4.98 Å². The summed E-state index contributed by atoms with van der Waals surface area (Å²) in [7, 11) is 0. The third-order valence-corrected chi connectivity index (χ3v) is 4.24. The monoisotopic (exact) mass is 307 g/mol. The first kappa shape index (κ1) is 14.8. The lowest BCUT2D eigenvalue weighted by atomic mass is 9.92. The van der Waals surface area contributed by atoms with Gasteiger partial charge in [-0.2, -0.15) is 0 Å². The van der Waals surface area contributed by atoms with Crippen LogP contribution in [0.5, 0.6) is 0 Å². The number of nitrogens with two attached hydrogens (primary N) is 2. The Kier molecular flexibility index (Phi) is 4.65. The van der Waals surface area contributed by atoms with Crippen molar-refractivity contribution in [3.63, 3.8) is 0 Å². The maximum Gasteiger partial charge on any atom is 0.243 e. The minimum atomic E-state index is -1.23. The van der Waals surface area contributed by atoms with Gasteiger partial charge in [0.15, 0.2) is 0 Å². The molecule has 1 unspecified atom stereocenters. The van der Waals surface area contributed by atoms with E-state index in [0.717, 1.165) is 5.03 Å². The molecular formula is C14H14ClN3OS. The van der Waals surface area contributed by atoms with Crippen molar-refractivity contribution >= 4 is 29.3 Å². The minimum absolute atomic E-state index is 0.307. The molecule has 6 heteroatoms. The molecule has 4 N–H and O–H groups in total. The quantitative estimate of drug-likeness (QED) is 0.829. The van der Waals surface area contributed by atoms with Crippen LogP contribution in [0.3, 0.4) is 0 Å². The summed E-state index contributed by atoms with van der Waals surface area (Å²) in [6, 6.07) is 12.6.